The third kappa shape index (κ3) is 3.97. The first-order valence-electron chi connectivity index (χ1n) is 8.18. The lowest BCUT2D eigenvalue weighted by Crippen LogP contribution is -2.39. The van der Waals surface area contributed by atoms with Gasteiger partial charge in [-0.05, 0) is 55.5 Å². The van der Waals surface area contributed by atoms with Crippen LogP contribution in [0.1, 0.15) is 22.2 Å². The molecule has 0 spiro atoms. The summed E-state index contributed by atoms with van der Waals surface area (Å²) in [6.45, 7) is 1.59. The number of carbonyl (C=O) groups is 2. The molecule has 0 aliphatic carbocycles. The monoisotopic (exact) mass is 418 g/mol. The van der Waals surface area contributed by atoms with Gasteiger partial charge in [0, 0.05) is 16.3 Å². The maximum absolute atomic E-state index is 13.3. The van der Waals surface area contributed by atoms with E-state index in [4.69, 9.17) is 23.1 Å². The highest BCUT2D eigenvalue weighted by Crippen LogP contribution is 2.36. The molecule has 1 aromatic heterocycles. The van der Waals surface area contributed by atoms with Crippen molar-refractivity contribution in [1.29, 1.82) is 0 Å². The van der Waals surface area contributed by atoms with Crippen LogP contribution < -0.4 is 16.4 Å². The summed E-state index contributed by atoms with van der Waals surface area (Å²) in [5, 5.41) is 0.806. The highest BCUT2D eigenvalue weighted by Gasteiger charge is 2.27. The van der Waals surface area contributed by atoms with Gasteiger partial charge in [0.1, 0.15) is 22.6 Å². The van der Waals surface area contributed by atoms with Gasteiger partial charge < -0.3 is 16.4 Å². The maximum atomic E-state index is 13.3. The Balaban J connectivity index is 2.03. The van der Waals surface area contributed by atoms with Gasteiger partial charge in [-0.25, -0.2) is 9.37 Å². The number of nitrogens with two attached hydrogens (primary N) is 2. The van der Waals surface area contributed by atoms with Crippen molar-refractivity contribution in [2.75, 3.05) is 10.6 Å². The maximum Gasteiger partial charge on any atom is 0.240 e. The van der Waals surface area contributed by atoms with Crippen LogP contribution in [0.25, 0.3) is 0 Å². The third-order valence-electron chi connectivity index (χ3n) is 4.06. The molecule has 28 heavy (non-hydrogen) atoms. The lowest BCUT2D eigenvalue weighted by atomic mass is 10.1. The van der Waals surface area contributed by atoms with Crippen LogP contribution in [0.4, 0.5) is 21.0 Å². The van der Waals surface area contributed by atoms with Crippen LogP contribution in [-0.4, -0.2) is 22.7 Å². The lowest BCUT2D eigenvalue weighted by Gasteiger charge is -2.26. The number of hydrogen-bond donors (Lipinski definition) is 2. The molecule has 0 saturated heterocycles. The van der Waals surface area contributed by atoms with E-state index in [1.807, 2.05) is 0 Å². The first kappa shape index (κ1) is 19.8. The molecule has 2 aromatic carbocycles. The first-order valence-corrected chi connectivity index (χ1v) is 9.38. The number of aromatic nitrogens is 1. The molecule has 1 heterocycles. The smallest absolute Gasteiger partial charge is 0.240 e. The fourth-order valence-electron chi connectivity index (χ4n) is 2.55. The van der Waals surface area contributed by atoms with E-state index >= 15 is 0 Å². The Morgan fingerprint density at radius 3 is 2.32 bits per heavy atom. The predicted octanol–water partition coefficient (Wildman–Crippen LogP) is 3.76. The molecule has 9 heteroatoms. The number of halogens is 2. The van der Waals surface area contributed by atoms with Crippen LogP contribution in [0.15, 0.2) is 48.5 Å². The average Bonchev–Trinajstić information content (AvgIpc) is 3.04. The zero-order valence-corrected chi connectivity index (χ0v) is 16.3. The van der Waals surface area contributed by atoms with Crippen LogP contribution in [0, 0.1) is 5.82 Å². The van der Waals surface area contributed by atoms with Crippen LogP contribution in [0.2, 0.25) is 5.02 Å². The number of benzene rings is 2. The van der Waals surface area contributed by atoms with Crippen molar-refractivity contribution in [2.45, 2.75) is 13.0 Å². The number of ketones is 1. The third-order valence-corrected chi connectivity index (χ3v) is 5.39. The summed E-state index contributed by atoms with van der Waals surface area (Å²) in [6, 6.07) is 11.1. The van der Waals surface area contributed by atoms with E-state index in [0.717, 1.165) is 11.3 Å². The van der Waals surface area contributed by atoms with Crippen LogP contribution >= 0.6 is 22.9 Å². The van der Waals surface area contributed by atoms with Crippen molar-refractivity contribution in [3.05, 3.63) is 69.8 Å². The van der Waals surface area contributed by atoms with Gasteiger partial charge in [-0.2, -0.15) is 0 Å². The number of amides is 1. The van der Waals surface area contributed by atoms with Gasteiger partial charge in [-0.3, -0.25) is 9.59 Å². The zero-order valence-electron chi connectivity index (χ0n) is 14.7. The Bertz CT molecular complexity index is 1020. The van der Waals surface area contributed by atoms with E-state index in [1.165, 1.54) is 29.2 Å². The van der Waals surface area contributed by atoms with Crippen molar-refractivity contribution in [2.24, 2.45) is 5.73 Å². The number of nitrogen functional groups attached to an aromatic ring is 1. The molecule has 0 aliphatic rings. The summed E-state index contributed by atoms with van der Waals surface area (Å²) in [4.78, 5) is 30.6. The second-order valence-corrected chi connectivity index (χ2v) is 7.39. The minimum atomic E-state index is -0.797. The number of rotatable bonds is 6. The van der Waals surface area contributed by atoms with Crippen LogP contribution in [0.5, 0.6) is 0 Å². The van der Waals surface area contributed by atoms with E-state index in [1.54, 1.807) is 31.2 Å². The van der Waals surface area contributed by atoms with Crippen LogP contribution in [0.3, 0.4) is 0 Å². The van der Waals surface area contributed by atoms with E-state index < -0.39 is 17.8 Å². The van der Waals surface area contributed by atoms with Gasteiger partial charge in [0.2, 0.25) is 11.7 Å². The fourth-order valence-corrected chi connectivity index (χ4v) is 3.72. The average molecular weight is 419 g/mol. The Labute approximate surface area is 169 Å². The summed E-state index contributed by atoms with van der Waals surface area (Å²) in [5.74, 6) is -1.32. The molecule has 1 amide bonds. The summed E-state index contributed by atoms with van der Waals surface area (Å²) in [6.07, 6.45) is 0. The molecule has 0 fully saturated rings. The summed E-state index contributed by atoms with van der Waals surface area (Å²) in [5.41, 5.74) is 12.3. The molecular formula is C19H16ClFN4O2S. The molecule has 1 atom stereocenters. The van der Waals surface area contributed by atoms with Crippen LogP contribution in [-0.2, 0) is 4.79 Å². The molecule has 6 nitrogen and oxygen atoms in total. The second kappa shape index (κ2) is 7.95. The van der Waals surface area contributed by atoms with Gasteiger partial charge in [0.05, 0.1) is 0 Å². The zero-order chi connectivity index (χ0) is 20.4. The quantitative estimate of drug-likeness (QED) is 0.593. The number of primary amides is 1. The van der Waals surface area contributed by atoms with E-state index in [0.29, 0.717) is 21.4 Å². The summed E-state index contributed by atoms with van der Waals surface area (Å²) >= 11 is 6.89. The lowest BCUT2D eigenvalue weighted by molar-refractivity contribution is -0.118. The molecule has 0 radical (unpaired) electrons. The topological polar surface area (TPSA) is 102 Å². The van der Waals surface area contributed by atoms with Gasteiger partial charge in [-0.15, -0.1) is 0 Å². The number of thiazole rings is 1. The first-order chi connectivity index (χ1) is 13.3. The van der Waals surface area contributed by atoms with Gasteiger partial charge >= 0.3 is 0 Å². The van der Waals surface area contributed by atoms with Crippen molar-refractivity contribution in [3.8, 4) is 0 Å². The van der Waals surface area contributed by atoms with Gasteiger partial charge in [-0.1, -0.05) is 22.9 Å². The van der Waals surface area contributed by atoms with Gasteiger partial charge in [0.15, 0.2) is 5.13 Å². The normalized spacial score (nSPS) is 11.8. The van der Waals surface area contributed by atoms with E-state index in [2.05, 4.69) is 4.98 Å². The molecular weight excluding hydrogens is 403 g/mol. The largest absolute Gasteiger partial charge is 0.382 e. The molecule has 0 saturated carbocycles. The van der Waals surface area contributed by atoms with E-state index in [-0.39, 0.29) is 16.5 Å². The highest BCUT2D eigenvalue weighted by atomic mass is 35.5. The highest BCUT2D eigenvalue weighted by molar-refractivity contribution is 7.18. The molecule has 4 N–H and O–H groups in total. The molecule has 3 rings (SSSR count). The summed E-state index contributed by atoms with van der Waals surface area (Å²) in [7, 11) is 0. The Kier molecular flexibility index (Phi) is 5.62. The SMILES string of the molecule is CC(C(N)=O)N(c1ccc(F)cc1)c1nc(N)c(C(=O)c2ccc(Cl)cc2)s1. The number of nitrogens with zero attached hydrogens (tertiary/aromatic N) is 2. The Morgan fingerprint density at radius 2 is 1.75 bits per heavy atom. The minimum absolute atomic E-state index is 0.0312. The summed E-state index contributed by atoms with van der Waals surface area (Å²) < 4.78 is 13.3. The number of carbonyl (C=O) groups excluding carboxylic acids is 2. The van der Waals surface area contributed by atoms with Crippen molar-refractivity contribution in [3.63, 3.8) is 0 Å². The molecule has 0 bridgehead atoms. The van der Waals surface area contributed by atoms with Crippen molar-refractivity contribution in [1.82, 2.24) is 4.98 Å². The van der Waals surface area contributed by atoms with Crippen molar-refractivity contribution >= 4 is 51.3 Å². The Hall–Kier alpha value is -2.97. The molecule has 3 aromatic rings. The van der Waals surface area contributed by atoms with Gasteiger partial charge in [0.25, 0.3) is 0 Å². The second-order valence-electron chi connectivity index (χ2n) is 5.97. The number of anilines is 3. The van der Waals surface area contributed by atoms with E-state index in [9.17, 15) is 14.0 Å². The van der Waals surface area contributed by atoms with Crippen molar-refractivity contribution < 1.29 is 14.0 Å². The number of hydrogen-bond acceptors (Lipinski definition) is 6. The minimum Gasteiger partial charge on any atom is -0.382 e. The standard InChI is InChI=1S/C19H16ClFN4O2S/c1-10(18(23)27)25(14-8-6-13(21)7-9-14)19-24-17(22)16(28-19)15(26)11-2-4-12(20)5-3-11/h2-10H,22H2,1H3,(H2,23,27). The predicted molar refractivity (Wildman–Crippen MR) is 109 cm³/mol. The fraction of sp³-hybridized carbons (Fsp3) is 0.105. The molecule has 0 aliphatic heterocycles. The molecule has 144 valence electrons. The molecule has 1 unspecified atom stereocenters. The Morgan fingerprint density at radius 1 is 1.14 bits per heavy atom.